The monoisotopic (exact) mass is 389 g/mol. The van der Waals surface area contributed by atoms with E-state index in [2.05, 4.69) is 27.9 Å². The molecule has 1 aliphatic rings. The number of piperidine rings is 1. The zero-order chi connectivity index (χ0) is 19.4. The molecule has 0 unspecified atom stereocenters. The molecule has 1 aromatic heterocycles. The van der Waals surface area contributed by atoms with Crippen molar-refractivity contribution in [1.82, 2.24) is 20.5 Å². The van der Waals surface area contributed by atoms with Crippen LogP contribution < -0.4 is 16.0 Å². The predicted octanol–water partition coefficient (Wildman–Crippen LogP) is 1.73. The fourth-order valence-electron chi connectivity index (χ4n) is 3.13. The number of aryl methyl sites for hydroxylation is 1. The lowest BCUT2D eigenvalue weighted by molar-refractivity contribution is -0.132. The highest BCUT2D eigenvalue weighted by atomic mass is 32.1. The first-order valence-electron chi connectivity index (χ1n) is 9.21. The number of nitrogens with zero attached hydrogens (tertiary/aromatic N) is 2. The molecule has 2 aromatic rings. The van der Waals surface area contributed by atoms with E-state index in [9.17, 15) is 9.59 Å². The smallest absolute Gasteiger partial charge is 0.245 e. The Labute approximate surface area is 163 Å². The number of aromatic nitrogens is 1. The van der Waals surface area contributed by atoms with Crippen LogP contribution in [0.15, 0.2) is 18.2 Å². The summed E-state index contributed by atoms with van der Waals surface area (Å²) in [5.74, 6) is -0.334. The second kappa shape index (κ2) is 8.33. The SMILES string of the molecule is Cc1ccc2nc(NC(=O)CN(C)C(=O)CNC3(C)CCNCC3)sc2c1. The Morgan fingerprint density at radius 3 is 2.81 bits per heavy atom. The fraction of sp³-hybridized carbons (Fsp3) is 0.526. The summed E-state index contributed by atoms with van der Waals surface area (Å²) in [5, 5.41) is 10.0. The summed E-state index contributed by atoms with van der Waals surface area (Å²) in [4.78, 5) is 30.5. The Morgan fingerprint density at radius 1 is 1.33 bits per heavy atom. The molecule has 0 aliphatic carbocycles. The standard InChI is InChI=1S/C19H27N5O2S/c1-13-4-5-14-15(10-13)27-18(22-14)23-16(25)12-24(3)17(26)11-21-19(2)6-8-20-9-7-19/h4-5,10,20-21H,6-9,11-12H2,1-3H3,(H,22,23,25). The van der Waals surface area contributed by atoms with E-state index in [1.807, 2.05) is 25.1 Å². The lowest BCUT2D eigenvalue weighted by Crippen LogP contribution is -2.53. The Morgan fingerprint density at radius 2 is 2.07 bits per heavy atom. The average Bonchev–Trinajstić information content (AvgIpc) is 3.01. The molecule has 1 fully saturated rings. The van der Waals surface area contributed by atoms with Crippen molar-refractivity contribution in [2.24, 2.45) is 0 Å². The predicted molar refractivity (Wildman–Crippen MR) is 109 cm³/mol. The summed E-state index contributed by atoms with van der Waals surface area (Å²) in [6, 6.07) is 5.99. The molecule has 1 saturated heterocycles. The molecule has 7 nitrogen and oxygen atoms in total. The molecule has 0 bridgehead atoms. The number of hydrogen-bond acceptors (Lipinski definition) is 6. The Hall–Kier alpha value is -2.03. The van der Waals surface area contributed by atoms with Crippen LogP contribution in [0.3, 0.4) is 0 Å². The van der Waals surface area contributed by atoms with Crippen molar-refractivity contribution in [3.05, 3.63) is 23.8 Å². The maximum atomic E-state index is 12.3. The largest absolute Gasteiger partial charge is 0.335 e. The Bertz CT molecular complexity index is 829. The highest BCUT2D eigenvalue weighted by Crippen LogP contribution is 2.26. The van der Waals surface area contributed by atoms with Gasteiger partial charge in [0.1, 0.15) is 0 Å². The van der Waals surface area contributed by atoms with Crippen molar-refractivity contribution < 1.29 is 9.59 Å². The summed E-state index contributed by atoms with van der Waals surface area (Å²) in [5.41, 5.74) is 2.00. The quantitative estimate of drug-likeness (QED) is 0.701. The minimum absolute atomic E-state index is 0.00767. The molecule has 3 N–H and O–H groups in total. The second-order valence-electron chi connectivity index (χ2n) is 7.45. The van der Waals surface area contributed by atoms with Crippen LogP contribution in [0.5, 0.6) is 0 Å². The number of hydrogen-bond donors (Lipinski definition) is 3. The van der Waals surface area contributed by atoms with Gasteiger partial charge < -0.3 is 20.9 Å². The van der Waals surface area contributed by atoms with Gasteiger partial charge in [-0.3, -0.25) is 9.59 Å². The lowest BCUT2D eigenvalue weighted by Gasteiger charge is -2.35. The minimum Gasteiger partial charge on any atom is -0.335 e. The molecule has 0 atom stereocenters. The third kappa shape index (κ3) is 5.24. The molecule has 1 aromatic carbocycles. The molecule has 0 saturated carbocycles. The number of likely N-dealkylation sites (N-methyl/N-ethyl adjacent to an activating group) is 1. The van der Waals surface area contributed by atoms with Crippen LogP contribution in [0.2, 0.25) is 0 Å². The molecular weight excluding hydrogens is 362 g/mol. The van der Waals surface area contributed by atoms with Gasteiger partial charge in [-0.15, -0.1) is 0 Å². The summed E-state index contributed by atoms with van der Waals surface area (Å²) < 4.78 is 1.04. The number of thiazole rings is 1. The maximum Gasteiger partial charge on any atom is 0.245 e. The van der Waals surface area contributed by atoms with Crippen molar-refractivity contribution in [3.63, 3.8) is 0 Å². The molecule has 27 heavy (non-hydrogen) atoms. The number of nitrogens with one attached hydrogen (secondary N) is 3. The molecular formula is C19H27N5O2S. The molecule has 3 rings (SSSR count). The summed E-state index contributed by atoms with van der Waals surface area (Å²) in [6.45, 7) is 6.32. The van der Waals surface area contributed by atoms with Crippen LogP contribution in [0.4, 0.5) is 5.13 Å². The van der Waals surface area contributed by atoms with Crippen LogP contribution in [0.1, 0.15) is 25.3 Å². The van der Waals surface area contributed by atoms with Crippen molar-refractivity contribution in [2.75, 3.05) is 38.5 Å². The molecule has 1 aliphatic heterocycles. The van der Waals surface area contributed by atoms with Crippen molar-refractivity contribution in [1.29, 1.82) is 0 Å². The van der Waals surface area contributed by atoms with Crippen molar-refractivity contribution in [2.45, 2.75) is 32.2 Å². The fourth-order valence-corrected chi connectivity index (χ4v) is 4.11. The molecule has 2 amide bonds. The Kier molecular flexibility index (Phi) is 6.08. The van der Waals surface area contributed by atoms with E-state index in [-0.39, 0.29) is 30.4 Å². The lowest BCUT2D eigenvalue weighted by atomic mass is 9.90. The van der Waals surface area contributed by atoms with Crippen LogP contribution in [0, 0.1) is 6.92 Å². The average molecular weight is 390 g/mol. The highest BCUT2D eigenvalue weighted by molar-refractivity contribution is 7.22. The first-order valence-corrected chi connectivity index (χ1v) is 10.0. The van der Waals surface area contributed by atoms with Gasteiger partial charge in [0.2, 0.25) is 11.8 Å². The van der Waals surface area contributed by atoms with Crippen LogP contribution >= 0.6 is 11.3 Å². The first kappa shape index (κ1) is 19.7. The van der Waals surface area contributed by atoms with Gasteiger partial charge in [0.25, 0.3) is 0 Å². The van der Waals surface area contributed by atoms with Crippen LogP contribution in [-0.4, -0.2) is 60.5 Å². The topological polar surface area (TPSA) is 86.4 Å². The molecule has 2 heterocycles. The highest BCUT2D eigenvalue weighted by Gasteiger charge is 2.27. The van der Waals surface area contributed by atoms with Gasteiger partial charge in [-0.1, -0.05) is 17.4 Å². The van der Waals surface area contributed by atoms with Gasteiger partial charge in [-0.05, 0) is 57.5 Å². The van der Waals surface area contributed by atoms with Gasteiger partial charge >= 0.3 is 0 Å². The van der Waals surface area contributed by atoms with Gasteiger partial charge in [0.05, 0.1) is 23.3 Å². The Balaban J connectivity index is 1.49. The van der Waals surface area contributed by atoms with E-state index in [1.165, 1.54) is 16.2 Å². The number of fused-ring (bicyclic) bond motifs is 1. The number of carbonyl (C=O) groups is 2. The number of rotatable bonds is 6. The number of amides is 2. The molecule has 0 radical (unpaired) electrons. The summed E-state index contributed by atoms with van der Waals surface area (Å²) >= 11 is 1.44. The number of carbonyl (C=O) groups excluding carboxylic acids is 2. The first-order chi connectivity index (χ1) is 12.8. The summed E-state index contributed by atoms with van der Waals surface area (Å²) in [6.07, 6.45) is 1.98. The zero-order valence-corrected chi connectivity index (χ0v) is 16.9. The molecule has 146 valence electrons. The van der Waals surface area contributed by atoms with E-state index < -0.39 is 0 Å². The van der Waals surface area contributed by atoms with Gasteiger partial charge in [-0.2, -0.15) is 0 Å². The van der Waals surface area contributed by atoms with E-state index in [0.717, 1.165) is 41.7 Å². The molecule has 0 spiro atoms. The van der Waals surface area contributed by atoms with Crippen molar-refractivity contribution in [3.8, 4) is 0 Å². The third-order valence-corrected chi connectivity index (χ3v) is 5.90. The molecule has 8 heteroatoms. The number of benzene rings is 1. The van der Waals surface area contributed by atoms with E-state index in [1.54, 1.807) is 7.05 Å². The van der Waals surface area contributed by atoms with Crippen molar-refractivity contribution >= 4 is 38.5 Å². The normalized spacial score (nSPS) is 16.3. The minimum atomic E-state index is -0.241. The van der Waals surface area contributed by atoms with Gasteiger partial charge in [0.15, 0.2) is 5.13 Å². The zero-order valence-electron chi connectivity index (χ0n) is 16.1. The van der Waals surface area contributed by atoms with E-state index in [4.69, 9.17) is 0 Å². The van der Waals surface area contributed by atoms with E-state index in [0.29, 0.717) is 5.13 Å². The maximum absolute atomic E-state index is 12.3. The van der Waals surface area contributed by atoms with E-state index >= 15 is 0 Å². The number of anilines is 1. The van der Waals surface area contributed by atoms with Crippen LogP contribution in [0.25, 0.3) is 10.2 Å². The van der Waals surface area contributed by atoms with Gasteiger partial charge in [0, 0.05) is 12.6 Å². The van der Waals surface area contributed by atoms with Gasteiger partial charge in [-0.25, -0.2) is 4.98 Å². The third-order valence-electron chi connectivity index (χ3n) is 4.97. The van der Waals surface area contributed by atoms with Crippen LogP contribution in [-0.2, 0) is 9.59 Å². The summed E-state index contributed by atoms with van der Waals surface area (Å²) in [7, 11) is 1.65. The second-order valence-corrected chi connectivity index (χ2v) is 8.48.